The molecule has 10 aromatic rings. The van der Waals surface area contributed by atoms with Gasteiger partial charge in [-0.15, -0.1) is 0 Å². The van der Waals surface area contributed by atoms with Crippen LogP contribution in [0.4, 0.5) is 17.1 Å². The molecule has 1 nitrogen and oxygen atoms in total. The lowest BCUT2D eigenvalue weighted by atomic mass is 9.89. The summed E-state index contributed by atoms with van der Waals surface area (Å²) in [7, 11) is 0. The van der Waals surface area contributed by atoms with E-state index in [9.17, 15) is 0 Å². The fourth-order valence-electron chi connectivity index (χ4n) is 8.30. The maximum absolute atomic E-state index is 2.49. The van der Waals surface area contributed by atoms with Crippen LogP contribution in [0.3, 0.4) is 0 Å². The van der Waals surface area contributed by atoms with Gasteiger partial charge in [0.05, 0.1) is 5.69 Å². The first-order chi connectivity index (χ1) is 28.3. The van der Waals surface area contributed by atoms with E-state index in [0.29, 0.717) is 0 Å². The number of rotatable bonds is 8. The molecule has 0 aliphatic carbocycles. The van der Waals surface area contributed by atoms with Crippen LogP contribution in [0.5, 0.6) is 0 Å². The quantitative estimate of drug-likeness (QED) is 0.141. The Kier molecular flexibility index (Phi) is 8.95. The van der Waals surface area contributed by atoms with Gasteiger partial charge in [-0.25, -0.2) is 0 Å². The largest absolute Gasteiger partial charge is 0.309 e. The van der Waals surface area contributed by atoms with Crippen molar-refractivity contribution >= 4 is 38.6 Å². The molecule has 0 aliphatic heterocycles. The maximum Gasteiger partial charge on any atom is 0.0624 e. The average molecular weight is 726 g/mol. The molecule has 0 heterocycles. The molecule has 0 N–H and O–H groups in total. The standard InChI is InChI=1S/C56H39N/c1-4-17-40(18-5-1)45-23-14-24-46(37-45)43-33-35-44(36-34-43)55-53-31-12-10-29-51(53)52-30-11-13-32-54(52)56(55)57(49-27-15-25-47(38-49)41-19-6-2-7-20-41)50-28-16-26-48(39-50)42-21-8-3-9-22-42/h1-39H. The van der Waals surface area contributed by atoms with Crippen LogP contribution in [0.1, 0.15) is 0 Å². The molecule has 0 atom stereocenters. The van der Waals surface area contributed by atoms with Gasteiger partial charge in [-0.3, -0.25) is 0 Å². The van der Waals surface area contributed by atoms with Gasteiger partial charge in [-0.2, -0.15) is 0 Å². The zero-order chi connectivity index (χ0) is 38.0. The molecule has 10 aromatic carbocycles. The fourth-order valence-corrected chi connectivity index (χ4v) is 8.30. The number of hydrogen-bond acceptors (Lipinski definition) is 1. The number of benzene rings is 10. The molecule has 10 rings (SSSR count). The zero-order valence-electron chi connectivity index (χ0n) is 31.5. The normalized spacial score (nSPS) is 11.2. The number of hydrogen-bond donors (Lipinski definition) is 0. The Balaban J connectivity index is 1.22. The summed E-state index contributed by atoms with van der Waals surface area (Å²) in [5.41, 5.74) is 15.2. The lowest BCUT2D eigenvalue weighted by Crippen LogP contribution is -2.12. The van der Waals surface area contributed by atoms with Crippen molar-refractivity contribution in [2.24, 2.45) is 0 Å². The predicted molar refractivity (Wildman–Crippen MR) is 243 cm³/mol. The summed E-state index contributed by atoms with van der Waals surface area (Å²) in [6.45, 7) is 0. The molecule has 0 bridgehead atoms. The van der Waals surface area contributed by atoms with Crippen molar-refractivity contribution in [2.45, 2.75) is 0 Å². The summed E-state index contributed by atoms with van der Waals surface area (Å²) in [4.78, 5) is 2.49. The van der Waals surface area contributed by atoms with E-state index >= 15 is 0 Å². The van der Waals surface area contributed by atoms with Gasteiger partial charge in [0.2, 0.25) is 0 Å². The van der Waals surface area contributed by atoms with Crippen molar-refractivity contribution in [1.82, 2.24) is 0 Å². The Hall–Kier alpha value is -7.48. The van der Waals surface area contributed by atoms with Crippen LogP contribution in [0.15, 0.2) is 237 Å². The van der Waals surface area contributed by atoms with Crippen molar-refractivity contribution in [1.29, 1.82) is 0 Å². The van der Waals surface area contributed by atoms with Gasteiger partial charge >= 0.3 is 0 Å². The van der Waals surface area contributed by atoms with E-state index in [4.69, 9.17) is 0 Å². The average Bonchev–Trinajstić information content (AvgIpc) is 3.30. The Morgan fingerprint density at radius 2 is 0.544 bits per heavy atom. The first-order valence-corrected chi connectivity index (χ1v) is 19.6. The van der Waals surface area contributed by atoms with Crippen molar-refractivity contribution < 1.29 is 0 Å². The van der Waals surface area contributed by atoms with Crippen molar-refractivity contribution in [2.75, 3.05) is 4.90 Å². The van der Waals surface area contributed by atoms with E-state index in [1.807, 2.05) is 0 Å². The van der Waals surface area contributed by atoms with Crippen molar-refractivity contribution in [3.05, 3.63) is 237 Å². The molecule has 0 spiro atoms. The van der Waals surface area contributed by atoms with Crippen molar-refractivity contribution in [3.63, 3.8) is 0 Å². The molecular weight excluding hydrogens is 687 g/mol. The first-order valence-electron chi connectivity index (χ1n) is 19.6. The topological polar surface area (TPSA) is 3.24 Å². The third-order valence-electron chi connectivity index (χ3n) is 11.0. The molecule has 0 aliphatic rings. The molecular formula is C56H39N. The van der Waals surface area contributed by atoms with Crippen LogP contribution in [-0.4, -0.2) is 0 Å². The highest BCUT2D eigenvalue weighted by atomic mass is 15.1. The highest BCUT2D eigenvalue weighted by Crippen LogP contribution is 2.50. The molecule has 0 amide bonds. The van der Waals surface area contributed by atoms with Crippen LogP contribution in [0.2, 0.25) is 0 Å². The Morgan fingerprint density at radius 3 is 1.04 bits per heavy atom. The maximum atomic E-state index is 2.49. The van der Waals surface area contributed by atoms with Gasteiger partial charge in [0.1, 0.15) is 0 Å². The summed E-state index contributed by atoms with van der Waals surface area (Å²) in [6, 6.07) is 85.7. The minimum absolute atomic E-state index is 1.09. The third kappa shape index (κ3) is 6.56. The van der Waals surface area contributed by atoms with Crippen molar-refractivity contribution in [3.8, 4) is 55.6 Å². The van der Waals surface area contributed by atoms with E-state index in [1.165, 1.54) is 77.2 Å². The first kappa shape index (κ1) is 34.0. The molecule has 57 heavy (non-hydrogen) atoms. The molecule has 0 radical (unpaired) electrons. The van der Waals surface area contributed by atoms with Gasteiger partial charge in [-0.05, 0) is 96.6 Å². The van der Waals surface area contributed by atoms with Crippen LogP contribution in [0.25, 0.3) is 77.2 Å². The Bertz CT molecular complexity index is 2900. The van der Waals surface area contributed by atoms with Gasteiger partial charge in [-0.1, -0.05) is 206 Å². The van der Waals surface area contributed by atoms with Gasteiger partial charge in [0.15, 0.2) is 0 Å². The molecule has 0 aromatic heterocycles. The van der Waals surface area contributed by atoms with E-state index in [-0.39, 0.29) is 0 Å². The zero-order valence-corrected chi connectivity index (χ0v) is 31.5. The predicted octanol–water partition coefficient (Wildman–Crippen LogP) is 15.8. The molecule has 0 saturated heterocycles. The smallest absolute Gasteiger partial charge is 0.0624 e. The van der Waals surface area contributed by atoms with Crippen LogP contribution in [-0.2, 0) is 0 Å². The van der Waals surface area contributed by atoms with E-state index < -0.39 is 0 Å². The van der Waals surface area contributed by atoms with Crippen LogP contribution < -0.4 is 4.90 Å². The summed E-state index contributed by atoms with van der Waals surface area (Å²) in [5.74, 6) is 0. The molecule has 0 fully saturated rings. The monoisotopic (exact) mass is 725 g/mol. The Morgan fingerprint density at radius 1 is 0.211 bits per heavy atom. The van der Waals surface area contributed by atoms with E-state index in [2.05, 4.69) is 241 Å². The van der Waals surface area contributed by atoms with Crippen LogP contribution >= 0.6 is 0 Å². The summed E-state index contributed by atoms with van der Waals surface area (Å²) >= 11 is 0. The second kappa shape index (κ2) is 15.0. The summed E-state index contributed by atoms with van der Waals surface area (Å²) < 4.78 is 0. The minimum atomic E-state index is 1.09. The molecule has 0 unspecified atom stereocenters. The fraction of sp³-hybridized carbons (Fsp3) is 0. The number of anilines is 3. The van der Waals surface area contributed by atoms with Gasteiger partial charge in [0, 0.05) is 22.3 Å². The molecule has 1 heteroatoms. The number of fused-ring (bicyclic) bond motifs is 3. The SMILES string of the molecule is c1ccc(-c2cccc(-c3ccc(-c4c(N(c5cccc(-c6ccccc6)c5)c5cccc(-c6ccccc6)c5)c5ccccc5c5ccccc45)cc3)c2)cc1. The summed E-state index contributed by atoms with van der Waals surface area (Å²) in [6.07, 6.45) is 0. The second-order valence-electron chi connectivity index (χ2n) is 14.5. The second-order valence-corrected chi connectivity index (χ2v) is 14.5. The third-order valence-corrected chi connectivity index (χ3v) is 11.0. The molecule has 268 valence electrons. The van der Waals surface area contributed by atoms with E-state index in [0.717, 1.165) is 17.1 Å². The lowest BCUT2D eigenvalue weighted by Gasteiger charge is -2.31. The highest BCUT2D eigenvalue weighted by Gasteiger charge is 2.24. The van der Waals surface area contributed by atoms with Gasteiger partial charge < -0.3 is 4.90 Å². The van der Waals surface area contributed by atoms with Gasteiger partial charge in [0.25, 0.3) is 0 Å². The summed E-state index contributed by atoms with van der Waals surface area (Å²) in [5, 5.41) is 4.88. The van der Waals surface area contributed by atoms with Crippen LogP contribution in [0, 0.1) is 0 Å². The minimum Gasteiger partial charge on any atom is -0.309 e. The number of nitrogens with zero attached hydrogens (tertiary/aromatic N) is 1. The Labute approximate surface area is 334 Å². The molecule has 0 saturated carbocycles. The highest BCUT2D eigenvalue weighted by molar-refractivity contribution is 6.22. The lowest BCUT2D eigenvalue weighted by molar-refractivity contribution is 1.30. The van der Waals surface area contributed by atoms with E-state index in [1.54, 1.807) is 0 Å².